The SMILES string of the molecule is O=C(Nc1ccc2oc(-c3cccc4ccccc34)nc2c1)c1cccnc1Cl. The van der Waals surface area contributed by atoms with Crippen molar-refractivity contribution in [1.82, 2.24) is 9.97 Å². The molecule has 1 amide bonds. The van der Waals surface area contributed by atoms with Gasteiger partial charge < -0.3 is 9.73 Å². The number of anilines is 1. The van der Waals surface area contributed by atoms with Gasteiger partial charge in [0.1, 0.15) is 10.7 Å². The van der Waals surface area contributed by atoms with E-state index < -0.39 is 0 Å². The molecule has 6 heteroatoms. The van der Waals surface area contributed by atoms with Crippen LogP contribution in [0.3, 0.4) is 0 Å². The van der Waals surface area contributed by atoms with E-state index in [0.29, 0.717) is 28.2 Å². The van der Waals surface area contributed by atoms with Gasteiger partial charge in [-0.25, -0.2) is 9.97 Å². The molecule has 0 aliphatic carbocycles. The molecular formula is C23H14ClN3O2. The Kier molecular flexibility index (Phi) is 4.22. The number of fused-ring (bicyclic) bond motifs is 2. The summed E-state index contributed by atoms with van der Waals surface area (Å²) < 4.78 is 5.97. The third-order valence-corrected chi connectivity index (χ3v) is 4.97. The Morgan fingerprint density at radius 1 is 0.966 bits per heavy atom. The van der Waals surface area contributed by atoms with E-state index in [1.165, 1.54) is 6.20 Å². The zero-order valence-corrected chi connectivity index (χ0v) is 15.9. The van der Waals surface area contributed by atoms with Crippen LogP contribution < -0.4 is 5.32 Å². The lowest BCUT2D eigenvalue weighted by Crippen LogP contribution is -2.12. The third kappa shape index (κ3) is 3.22. The average molecular weight is 400 g/mol. The number of nitrogens with one attached hydrogen (secondary N) is 1. The molecule has 0 spiro atoms. The van der Waals surface area contributed by atoms with Crippen molar-refractivity contribution in [1.29, 1.82) is 0 Å². The summed E-state index contributed by atoms with van der Waals surface area (Å²) in [6.07, 6.45) is 1.54. The van der Waals surface area contributed by atoms with Gasteiger partial charge in [-0.1, -0.05) is 48.0 Å². The smallest absolute Gasteiger partial charge is 0.258 e. The number of hydrogen-bond acceptors (Lipinski definition) is 4. The van der Waals surface area contributed by atoms with Gasteiger partial charge >= 0.3 is 0 Å². The molecule has 1 N–H and O–H groups in total. The maximum Gasteiger partial charge on any atom is 0.258 e. The second-order valence-corrected chi connectivity index (χ2v) is 6.88. The summed E-state index contributed by atoms with van der Waals surface area (Å²) in [4.78, 5) is 21.0. The molecule has 5 aromatic rings. The van der Waals surface area contributed by atoms with Gasteiger partial charge in [0.05, 0.1) is 5.56 Å². The summed E-state index contributed by atoms with van der Waals surface area (Å²) in [5.74, 6) is 0.204. The Bertz CT molecular complexity index is 1370. The van der Waals surface area contributed by atoms with Crippen LogP contribution in [0.1, 0.15) is 10.4 Å². The van der Waals surface area contributed by atoms with Crippen LogP contribution in [-0.4, -0.2) is 15.9 Å². The number of aromatic nitrogens is 2. The lowest BCUT2D eigenvalue weighted by molar-refractivity contribution is 0.102. The van der Waals surface area contributed by atoms with E-state index in [0.717, 1.165) is 16.3 Å². The Morgan fingerprint density at radius 3 is 2.72 bits per heavy atom. The van der Waals surface area contributed by atoms with Gasteiger partial charge in [-0.05, 0) is 47.2 Å². The molecule has 0 fully saturated rings. The Morgan fingerprint density at radius 2 is 1.83 bits per heavy atom. The molecule has 0 aliphatic heterocycles. The van der Waals surface area contributed by atoms with E-state index in [4.69, 9.17) is 16.0 Å². The molecule has 5 rings (SSSR count). The molecule has 0 radical (unpaired) electrons. The number of benzene rings is 3. The summed E-state index contributed by atoms with van der Waals surface area (Å²) in [5.41, 5.74) is 3.13. The topological polar surface area (TPSA) is 68.0 Å². The first-order valence-electron chi connectivity index (χ1n) is 9.00. The second kappa shape index (κ2) is 7.04. The van der Waals surface area contributed by atoms with E-state index in [9.17, 15) is 4.79 Å². The van der Waals surface area contributed by atoms with Crippen molar-refractivity contribution in [2.45, 2.75) is 0 Å². The number of oxazole rings is 1. The maximum atomic E-state index is 12.5. The van der Waals surface area contributed by atoms with Crippen LogP contribution >= 0.6 is 11.6 Å². The van der Waals surface area contributed by atoms with E-state index >= 15 is 0 Å². The van der Waals surface area contributed by atoms with Crippen molar-refractivity contribution < 1.29 is 9.21 Å². The molecule has 3 aromatic carbocycles. The van der Waals surface area contributed by atoms with Gasteiger partial charge in [0.25, 0.3) is 5.91 Å². The highest BCUT2D eigenvalue weighted by Crippen LogP contribution is 2.31. The van der Waals surface area contributed by atoms with Gasteiger partial charge in [0.15, 0.2) is 5.58 Å². The number of carbonyl (C=O) groups is 1. The third-order valence-electron chi connectivity index (χ3n) is 4.67. The average Bonchev–Trinajstić information content (AvgIpc) is 3.17. The first-order valence-corrected chi connectivity index (χ1v) is 9.37. The Balaban J connectivity index is 1.51. The molecular weight excluding hydrogens is 386 g/mol. The van der Waals surface area contributed by atoms with Crippen LogP contribution in [0.5, 0.6) is 0 Å². The zero-order chi connectivity index (χ0) is 19.8. The first-order chi connectivity index (χ1) is 14.2. The minimum atomic E-state index is -0.333. The van der Waals surface area contributed by atoms with E-state index in [1.54, 1.807) is 30.3 Å². The van der Waals surface area contributed by atoms with E-state index in [1.807, 2.05) is 30.3 Å². The summed E-state index contributed by atoms with van der Waals surface area (Å²) in [6.45, 7) is 0. The lowest BCUT2D eigenvalue weighted by atomic mass is 10.0. The van der Waals surface area contributed by atoms with Crippen molar-refractivity contribution >= 4 is 45.1 Å². The largest absolute Gasteiger partial charge is 0.436 e. The standard InChI is InChI=1S/C23H14ClN3O2/c24-21-18(9-4-12-25-21)22(28)26-15-10-11-20-19(13-15)27-23(29-20)17-8-3-6-14-5-1-2-7-16(14)17/h1-13H,(H,26,28). The lowest BCUT2D eigenvalue weighted by Gasteiger charge is -2.05. The molecule has 0 atom stereocenters. The van der Waals surface area contributed by atoms with Crippen molar-refractivity contribution in [2.24, 2.45) is 0 Å². The second-order valence-electron chi connectivity index (χ2n) is 6.52. The molecule has 5 nitrogen and oxygen atoms in total. The number of pyridine rings is 1. The summed E-state index contributed by atoms with van der Waals surface area (Å²) >= 11 is 6.00. The molecule has 0 unspecified atom stereocenters. The van der Waals surface area contributed by atoms with Crippen LogP contribution in [-0.2, 0) is 0 Å². The fourth-order valence-electron chi connectivity index (χ4n) is 3.29. The molecule has 0 saturated carbocycles. The summed E-state index contributed by atoms with van der Waals surface area (Å²) in [6, 6.07) is 22.7. The number of amides is 1. The number of carbonyl (C=O) groups excluding carboxylic acids is 1. The van der Waals surface area contributed by atoms with Crippen LogP contribution in [0, 0.1) is 0 Å². The number of nitrogens with zero attached hydrogens (tertiary/aromatic N) is 2. The van der Waals surface area contributed by atoms with Gasteiger partial charge in [-0.15, -0.1) is 0 Å². The molecule has 0 saturated heterocycles. The molecule has 29 heavy (non-hydrogen) atoms. The molecule has 2 aromatic heterocycles. The molecule has 0 bridgehead atoms. The molecule has 0 aliphatic rings. The highest BCUT2D eigenvalue weighted by atomic mass is 35.5. The Hall–Kier alpha value is -3.70. The van der Waals surface area contributed by atoms with Crippen molar-refractivity contribution in [2.75, 3.05) is 5.32 Å². The predicted octanol–water partition coefficient (Wildman–Crippen LogP) is 5.95. The molecule has 140 valence electrons. The maximum absolute atomic E-state index is 12.5. The fraction of sp³-hybridized carbons (Fsp3) is 0. The van der Waals surface area contributed by atoms with Gasteiger partial charge in [-0.3, -0.25) is 4.79 Å². The number of hydrogen-bond donors (Lipinski definition) is 1. The summed E-state index contributed by atoms with van der Waals surface area (Å²) in [5, 5.41) is 5.17. The quantitative estimate of drug-likeness (QED) is 0.381. The Labute approximate surface area is 171 Å². The van der Waals surface area contributed by atoms with Crippen LogP contribution in [0.25, 0.3) is 33.3 Å². The number of halogens is 1. The van der Waals surface area contributed by atoms with Crippen molar-refractivity contribution in [3.05, 3.63) is 89.7 Å². The number of rotatable bonds is 3. The monoisotopic (exact) mass is 399 g/mol. The highest BCUT2D eigenvalue weighted by molar-refractivity contribution is 6.33. The fourth-order valence-corrected chi connectivity index (χ4v) is 3.49. The van der Waals surface area contributed by atoms with Crippen LogP contribution in [0.2, 0.25) is 5.15 Å². The van der Waals surface area contributed by atoms with E-state index in [-0.39, 0.29) is 11.1 Å². The minimum absolute atomic E-state index is 0.158. The molecule has 2 heterocycles. The first kappa shape index (κ1) is 17.4. The highest BCUT2D eigenvalue weighted by Gasteiger charge is 2.14. The van der Waals surface area contributed by atoms with Crippen molar-refractivity contribution in [3.8, 4) is 11.5 Å². The normalized spacial score (nSPS) is 11.1. The van der Waals surface area contributed by atoms with E-state index in [2.05, 4.69) is 27.4 Å². The van der Waals surface area contributed by atoms with Gasteiger partial charge in [0.2, 0.25) is 5.89 Å². The van der Waals surface area contributed by atoms with Crippen LogP contribution in [0.15, 0.2) is 83.4 Å². The van der Waals surface area contributed by atoms with Crippen LogP contribution in [0.4, 0.5) is 5.69 Å². The summed E-state index contributed by atoms with van der Waals surface area (Å²) in [7, 11) is 0. The van der Waals surface area contributed by atoms with Crippen molar-refractivity contribution in [3.63, 3.8) is 0 Å². The minimum Gasteiger partial charge on any atom is -0.436 e. The van der Waals surface area contributed by atoms with Gasteiger partial charge in [-0.2, -0.15) is 0 Å². The van der Waals surface area contributed by atoms with Gasteiger partial charge in [0, 0.05) is 17.4 Å². The predicted molar refractivity (Wildman–Crippen MR) is 114 cm³/mol. The zero-order valence-electron chi connectivity index (χ0n) is 15.1.